The summed E-state index contributed by atoms with van der Waals surface area (Å²) in [4.78, 5) is 22.5. The van der Waals surface area contributed by atoms with Gasteiger partial charge in [-0.25, -0.2) is 0 Å². The molecule has 0 spiro atoms. The SMILES string of the molecule is CC1=NN(c2ccc(Br)cc2)C(=O)/C1=C/c1ccc([N+](=O)[O-])o1. The van der Waals surface area contributed by atoms with Crippen molar-refractivity contribution in [1.82, 2.24) is 0 Å². The third kappa shape index (κ3) is 2.93. The molecule has 0 atom stereocenters. The molecular weight excluding hydrogens is 366 g/mol. The number of rotatable bonds is 3. The van der Waals surface area contributed by atoms with Crippen molar-refractivity contribution in [3.05, 3.63) is 62.3 Å². The smallest absolute Gasteiger partial charge is 0.401 e. The molecule has 3 rings (SSSR count). The van der Waals surface area contributed by atoms with Crippen molar-refractivity contribution in [3.63, 3.8) is 0 Å². The fraction of sp³-hybridized carbons (Fsp3) is 0.0667. The number of benzene rings is 1. The molecule has 116 valence electrons. The lowest BCUT2D eigenvalue weighted by molar-refractivity contribution is -0.402. The topological polar surface area (TPSA) is 89.0 Å². The highest BCUT2D eigenvalue weighted by atomic mass is 79.9. The lowest BCUT2D eigenvalue weighted by Gasteiger charge is -2.11. The fourth-order valence-corrected chi connectivity index (χ4v) is 2.37. The molecule has 0 aliphatic carbocycles. The fourth-order valence-electron chi connectivity index (χ4n) is 2.10. The minimum atomic E-state index is -0.631. The first kappa shape index (κ1) is 15.2. The molecule has 0 bridgehead atoms. The molecule has 2 heterocycles. The molecule has 0 radical (unpaired) electrons. The van der Waals surface area contributed by atoms with E-state index >= 15 is 0 Å². The van der Waals surface area contributed by atoms with Gasteiger partial charge < -0.3 is 4.42 Å². The number of anilines is 1. The normalized spacial score (nSPS) is 16.1. The molecule has 2 aromatic rings. The quantitative estimate of drug-likeness (QED) is 0.464. The van der Waals surface area contributed by atoms with Crippen molar-refractivity contribution < 1.29 is 14.1 Å². The maximum absolute atomic E-state index is 12.5. The Balaban J connectivity index is 1.91. The number of nitro groups is 1. The van der Waals surface area contributed by atoms with Gasteiger partial charge in [0, 0.05) is 4.47 Å². The highest BCUT2D eigenvalue weighted by molar-refractivity contribution is 9.10. The Bertz CT molecular complexity index is 852. The maximum atomic E-state index is 12.5. The number of amides is 1. The van der Waals surface area contributed by atoms with Gasteiger partial charge in [-0.15, -0.1) is 0 Å². The van der Waals surface area contributed by atoms with Gasteiger partial charge in [-0.3, -0.25) is 14.9 Å². The van der Waals surface area contributed by atoms with Crippen LogP contribution < -0.4 is 5.01 Å². The minimum absolute atomic E-state index is 0.229. The standard InChI is InChI=1S/C15H10BrN3O4/c1-9-13(8-12-6-7-14(23-12)19(21)22)15(20)18(17-9)11-4-2-10(16)3-5-11/h2-8H,1H3/b13-8+. The maximum Gasteiger partial charge on any atom is 0.433 e. The second kappa shape index (κ2) is 5.81. The molecule has 0 saturated heterocycles. The van der Waals surface area contributed by atoms with Gasteiger partial charge in [-0.1, -0.05) is 15.9 Å². The number of hydrazone groups is 1. The van der Waals surface area contributed by atoms with Crippen LogP contribution in [0.15, 0.2) is 56.0 Å². The van der Waals surface area contributed by atoms with Crippen LogP contribution in [-0.2, 0) is 4.79 Å². The Labute approximate surface area is 139 Å². The molecule has 7 nitrogen and oxygen atoms in total. The first-order valence-electron chi connectivity index (χ1n) is 6.57. The van der Waals surface area contributed by atoms with Crippen LogP contribution in [0, 0.1) is 10.1 Å². The second-order valence-corrected chi connectivity index (χ2v) is 5.69. The largest absolute Gasteiger partial charge is 0.433 e. The first-order chi connectivity index (χ1) is 11.0. The number of hydrogen-bond acceptors (Lipinski definition) is 5. The third-order valence-electron chi connectivity index (χ3n) is 3.21. The van der Waals surface area contributed by atoms with Crippen molar-refractivity contribution in [1.29, 1.82) is 0 Å². The molecule has 0 N–H and O–H groups in total. The van der Waals surface area contributed by atoms with Crippen LogP contribution in [-0.4, -0.2) is 16.5 Å². The molecule has 0 saturated carbocycles. The van der Waals surface area contributed by atoms with Gasteiger partial charge in [-0.05, 0) is 43.3 Å². The Morgan fingerprint density at radius 1 is 1.26 bits per heavy atom. The highest BCUT2D eigenvalue weighted by Gasteiger charge is 2.29. The summed E-state index contributed by atoms with van der Waals surface area (Å²) in [6.45, 7) is 1.69. The van der Waals surface area contributed by atoms with E-state index in [4.69, 9.17) is 4.42 Å². The van der Waals surface area contributed by atoms with E-state index < -0.39 is 4.92 Å². The molecule has 8 heteroatoms. The predicted molar refractivity (Wildman–Crippen MR) is 88.1 cm³/mol. The van der Waals surface area contributed by atoms with Gasteiger partial charge in [0.1, 0.15) is 10.7 Å². The monoisotopic (exact) mass is 375 g/mol. The zero-order valence-electron chi connectivity index (χ0n) is 11.9. The first-order valence-corrected chi connectivity index (χ1v) is 7.36. The van der Waals surface area contributed by atoms with Crippen LogP contribution in [0.25, 0.3) is 6.08 Å². The molecule has 1 aliphatic heterocycles. The van der Waals surface area contributed by atoms with E-state index in [-0.39, 0.29) is 17.6 Å². The minimum Gasteiger partial charge on any atom is -0.401 e. The van der Waals surface area contributed by atoms with Crippen LogP contribution >= 0.6 is 15.9 Å². The Kier molecular flexibility index (Phi) is 3.83. The van der Waals surface area contributed by atoms with Crippen molar-refractivity contribution >= 4 is 45.2 Å². The summed E-state index contributed by atoms with van der Waals surface area (Å²) in [5.41, 5.74) is 1.47. The zero-order chi connectivity index (χ0) is 16.6. The van der Waals surface area contributed by atoms with Gasteiger partial charge in [-0.2, -0.15) is 10.1 Å². The van der Waals surface area contributed by atoms with Crippen LogP contribution in [0.2, 0.25) is 0 Å². The van der Waals surface area contributed by atoms with Crippen LogP contribution in [0.3, 0.4) is 0 Å². The van der Waals surface area contributed by atoms with Gasteiger partial charge in [0.25, 0.3) is 5.91 Å². The average molecular weight is 376 g/mol. The molecule has 23 heavy (non-hydrogen) atoms. The summed E-state index contributed by atoms with van der Waals surface area (Å²) in [5.74, 6) is -0.460. The Morgan fingerprint density at radius 3 is 2.57 bits per heavy atom. The van der Waals surface area contributed by atoms with E-state index in [1.165, 1.54) is 23.2 Å². The molecule has 0 unspecified atom stereocenters. The Hall–Kier alpha value is -2.74. The lowest BCUT2D eigenvalue weighted by Crippen LogP contribution is -2.21. The van der Waals surface area contributed by atoms with E-state index in [0.29, 0.717) is 17.0 Å². The number of nitrogens with zero attached hydrogens (tertiary/aromatic N) is 3. The van der Waals surface area contributed by atoms with E-state index in [9.17, 15) is 14.9 Å². The van der Waals surface area contributed by atoms with E-state index in [0.717, 1.165) is 4.47 Å². The lowest BCUT2D eigenvalue weighted by atomic mass is 10.1. The molecular formula is C15H10BrN3O4. The number of hydrogen-bond donors (Lipinski definition) is 0. The summed E-state index contributed by atoms with van der Waals surface area (Å²) in [5, 5.41) is 16.1. The average Bonchev–Trinajstić information content (AvgIpc) is 3.09. The molecule has 1 aliphatic rings. The van der Waals surface area contributed by atoms with Crippen molar-refractivity contribution in [3.8, 4) is 0 Å². The summed E-state index contributed by atoms with van der Waals surface area (Å²) >= 11 is 3.33. The molecule has 1 aromatic heterocycles. The summed E-state index contributed by atoms with van der Waals surface area (Å²) in [7, 11) is 0. The highest BCUT2D eigenvalue weighted by Crippen LogP contribution is 2.27. The van der Waals surface area contributed by atoms with E-state index in [1.807, 2.05) is 12.1 Å². The van der Waals surface area contributed by atoms with Crippen molar-refractivity contribution in [2.45, 2.75) is 6.92 Å². The molecule has 0 fully saturated rings. The zero-order valence-corrected chi connectivity index (χ0v) is 13.5. The van der Waals surface area contributed by atoms with Crippen molar-refractivity contribution in [2.75, 3.05) is 5.01 Å². The second-order valence-electron chi connectivity index (χ2n) is 4.77. The van der Waals surface area contributed by atoms with E-state index in [2.05, 4.69) is 21.0 Å². The van der Waals surface area contributed by atoms with Crippen LogP contribution in [0.5, 0.6) is 0 Å². The summed E-state index contributed by atoms with van der Waals surface area (Å²) < 4.78 is 5.95. The van der Waals surface area contributed by atoms with Gasteiger partial charge in [0.05, 0.1) is 23.0 Å². The molecule has 1 amide bonds. The molecule has 1 aromatic carbocycles. The van der Waals surface area contributed by atoms with Crippen molar-refractivity contribution in [2.24, 2.45) is 5.10 Å². The van der Waals surface area contributed by atoms with Gasteiger partial charge >= 0.3 is 5.88 Å². The summed E-state index contributed by atoms with van der Waals surface area (Å²) in [6.07, 6.45) is 1.45. The number of carbonyl (C=O) groups excluding carboxylic acids is 1. The number of furan rings is 1. The van der Waals surface area contributed by atoms with Gasteiger partial charge in [0.15, 0.2) is 0 Å². The predicted octanol–water partition coefficient (Wildman–Crippen LogP) is 3.76. The number of carbonyl (C=O) groups is 1. The third-order valence-corrected chi connectivity index (χ3v) is 3.74. The van der Waals surface area contributed by atoms with Crippen LogP contribution in [0.1, 0.15) is 12.7 Å². The summed E-state index contributed by atoms with van der Waals surface area (Å²) in [6, 6.07) is 9.83. The van der Waals surface area contributed by atoms with Gasteiger partial charge in [0.2, 0.25) is 0 Å². The number of halogens is 1. The van der Waals surface area contributed by atoms with Crippen LogP contribution in [0.4, 0.5) is 11.6 Å². The Morgan fingerprint density at radius 2 is 1.96 bits per heavy atom. The van der Waals surface area contributed by atoms with E-state index in [1.54, 1.807) is 19.1 Å².